The Labute approximate surface area is 191 Å². The summed E-state index contributed by atoms with van der Waals surface area (Å²) in [5, 5.41) is 17.7. The number of benzene rings is 2. The third-order valence-electron chi connectivity index (χ3n) is 4.75. The van der Waals surface area contributed by atoms with E-state index in [0.717, 1.165) is 23.5 Å². The number of aromatic hydroxyl groups is 1. The molecule has 2 aromatic carbocycles. The summed E-state index contributed by atoms with van der Waals surface area (Å²) in [6, 6.07) is 6.38. The summed E-state index contributed by atoms with van der Waals surface area (Å²) in [7, 11) is 0. The Morgan fingerprint density at radius 3 is 2.45 bits per heavy atom. The number of thiazole rings is 1. The van der Waals surface area contributed by atoms with Gasteiger partial charge in [0.2, 0.25) is 5.88 Å². The fourth-order valence-electron chi connectivity index (χ4n) is 3.21. The molecule has 0 unspecified atom stereocenters. The van der Waals surface area contributed by atoms with Crippen LogP contribution in [0.1, 0.15) is 27.1 Å². The molecule has 0 saturated carbocycles. The van der Waals surface area contributed by atoms with Crippen LogP contribution in [0.3, 0.4) is 0 Å². The van der Waals surface area contributed by atoms with Gasteiger partial charge in [-0.2, -0.15) is 36.4 Å². The quantitative estimate of drug-likeness (QED) is 0.178. The first-order chi connectivity index (χ1) is 15.5. The van der Waals surface area contributed by atoms with Crippen molar-refractivity contribution < 1.29 is 31.4 Å². The van der Waals surface area contributed by atoms with Crippen molar-refractivity contribution in [2.75, 3.05) is 6.26 Å². The number of H-pyrrole nitrogens is 1. The van der Waals surface area contributed by atoms with E-state index in [9.17, 15) is 31.4 Å². The normalized spacial score (nSPS) is 13.1. The van der Waals surface area contributed by atoms with Crippen molar-refractivity contribution in [1.29, 1.82) is 0 Å². The van der Waals surface area contributed by atoms with Crippen LogP contribution in [-0.2, 0) is 12.4 Å². The lowest BCUT2D eigenvalue weighted by Gasteiger charge is -2.15. The van der Waals surface area contributed by atoms with Crippen LogP contribution >= 0.6 is 23.1 Å². The van der Waals surface area contributed by atoms with Crippen molar-refractivity contribution in [1.82, 2.24) is 15.2 Å². The molecule has 0 radical (unpaired) electrons. The third kappa shape index (κ3) is 4.71. The zero-order chi connectivity index (χ0) is 24.0. The smallest absolute Gasteiger partial charge is 0.417 e. The highest BCUT2D eigenvalue weighted by Gasteiger charge is 2.38. The van der Waals surface area contributed by atoms with Crippen molar-refractivity contribution >= 4 is 45.7 Å². The summed E-state index contributed by atoms with van der Waals surface area (Å²) in [6.45, 7) is 0. The maximum absolute atomic E-state index is 13.7. The molecule has 0 spiro atoms. The number of halogens is 6. The van der Waals surface area contributed by atoms with Gasteiger partial charge in [-0.1, -0.05) is 23.9 Å². The van der Waals surface area contributed by atoms with Crippen LogP contribution in [0, 0.1) is 0 Å². The van der Waals surface area contributed by atoms with E-state index in [4.69, 9.17) is 0 Å². The molecule has 172 valence electrons. The van der Waals surface area contributed by atoms with Crippen LogP contribution in [0.15, 0.2) is 46.9 Å². The van der Waals surface area contributed by atoms with Gasteiger partial charge in [-0.15, -0.1) is 11.3 Å². The second-order valence-corrected chi connectivity index (χ2v) is 8.92. The van der Waals surface area contributed by atoms with Crippen molar-refractivity contribution in [2.24, 2.45) is 0 Å². The molecule has 0 amide bonds. The van der Waals surface area contributed by atoms with Gasteiger partial charge in [-0.05, 0) is 47.7 Å². The van der Waals surface area contributed by atoms with E-state index in [1.165, 1.54) is 18.0 Å². The number of alkyl halides is 6. The molecule has 2 heterocycles. The van der Waals surface area contributed by atoms with Crippen LogP contribution in [0.4, 0.5) is 26.3 Å². The minimum atomic E-state index is -5.03. The monoisotopic (exact) mass is 501 g/mol. The summed E-state index contributed by atoms with van der Waals surface area (Å²) in [5.74, 6) is -0.386. The van der Waals surface area contributed by atoms with E-state index in [-0.39, 0.29) is 22.4 Å². The summed E-state index contributed by atoms with van der Waals surface area (Å²) in [4.78, 5) is 4.18. The number of fused-ring (bicyclic) bond motifs is 1. The van der Waals surface area contributed by atoms with Gasteiger partial charge in [0.15, 0.2) is 4.34 Å². The molecule has 0 aliphatic carbocycles. The van der Waals surface area contributed by atoms with Gasteiger partial charge in [0.25, 0.3) is 0 Å². The second kappa shape index (κ2) is 8.41. The van der Waals surface area contributed by atoms with Crippen molar-refractivity contribution in [3.63, 3.8) is 0 Å². The van der Waals surface area contributed by atoms with E-state index in [2.05, 4.69) is 15.2 Å². The predicted molar refractivity (Wildman–Crippen MR) is 115 cm³/mol. The van der Waals surface area contributed by atoms with Crippen molar-refractivity contribution in [2.45, 2.75) is 16.7 Å². The molecule has 0 bridgehead atoms. The van der Waals surface area contributed by atoms with E-state index in [1.54, 1.807) is 24.5 Å². The number of aromatic nitrogens is 3. The largest absolute Gasteiger partial charge is 0.492 e. The number of nitrogens with one attached hydrogen (secondary N) is 1. The highest BCUT2D eigenvalue weighted by Crippen LogP contribution is 2.42. The summed E-state index contributed by atoms with van der Waals surface area (Å²) in [6.07, 6.45) is -5.61. The Kier molecular flexibility index (Phi) is 5.91. The standard InChI is InChI=1S/C21H13F6N3OS2/c1-32-19-29-18(31)17(33-19)14(10-3-5-16-12(6-10)9-28-30-16)7-11-2-4-13(20(22,23)24)8-15(11)21(25,26)27/h2-9,31H,1H3,(H,28,30). The Bertz CT molecular complexity index is 1350. The molecule has 0 fully saturated rings. The SMILES string of the molecule is CSc1nc(O)c(C(=Cc2ccc(C(F)(F)F)cc2C(F)(F)F)c2ccc3[nH]ncc3c2)s1. The maximum atomic E-state index is 13.7. The van der Waals surface area contributed by atoms with E-state index < -0.39 is 29.0 Å². The number of thioether (sulfide) groups is 1. The van der Waals surface area contributed by atoms with E-state index >= 15 is 0 Å². The number of aromatic amines is 1. The first-order valence-corrected chi connectivity index (χ1v) is 11.2. The Hall–Kier alpha value is -2.99. The third-order valence-corrected chi connectivity index (χ3v) is 6.81. The van der Waals surface area contributed by atoms with Gasteiger partial charge in [0, 0.05) is 11.0 Å². The lowest BCUT2D eigenvalue weighted by Crippen LogP contribution is -2.12. The van der Waals surface area contributed by atoms with Gasteiger partial charge >= 0.3 is 12.4 Å². The van der Waals surface area contributed by atoms with E-state index in [1.807, 2.05) is 0 Å². The Balaban J connectivity index is 1.97. The molecule has 4 rings (SSSR count). The second-order valence-electron chi connectivity index (χ2n) is 6.86. The lowest BCUT2D eigenvalue weighted by atomic mass is 9.96. The van der Waals surface area contributed by atoms with E-state index in [0.29, 0.717) is 26.9 Å². The maximum Gasteiger partial charge on any atom is 0.417 e. The average molecular weight is 501 g/mol. The van der Waals surface area contributed by atoms with Gasteiger partial charge in [-0.3, -0.25) is 5.10 Å². The molecule has 0 atom stereocenters. The fraction of sp³-hybridized carbons (Fsp3) is 0.143. The first kappa shape index (κ1) is 23.2. The van der Waals surface area contributed by atoms with Gasteiger partial charge < -0.3 is 5.11 Å². The molecule has 0 aliphatic heterocycles. The summed E-state index contributed by atoms with van der Waals surface area (Å²) >= 11 is 2.30. The van der Waals surface area contributed by atoms with Crippen LogP contribution < -0.4 is 0 Å². The fourth-order valence-corrected chi connectivity index (χ4v) is 4.70. The van der Waals surface area contributed by atoms with Gasteiger partial charge in [0.1, 0.15) is 0 Å². The highest BCUT2D eigenvalue weighted by molar-refractivity contribution is 8.00. The zero-order valence-electron chi connectivity index (χ0n) is 16.5. The lowest BCUT2D eigenvalue weighted by molar-refractivity contribution is -0.143. The Morgan fingerprint density at radius 1 is 1.06 bits per heavy atom. The van der Waals surface area contributed by atoms with Crippen LogP contribution in [-0.4, -0.2) is 26.5 Å². The van der Waals surface area contributed by atoms with Crippen molar-refractivity contribution in [3.05, 3.63) is 69.7 Å². The molecule has 4 aromatic rings. The number of nitrogens with zero attached hydrogens (tertiary/aromatic N) is 2. The first-order valence-electron chi connectivity index (χ1n) is 9.15. The predicted octanol–water partition coefficient (Wildman–Crippen LogP) is 7.07. The van der Waals surface area contributed by atoms with Gasteiger partial charge in [0.05, 0.1) is 27.7 Å². The van der Waals surface area contributed by atoms with Crippen molar-refractivity contribution in [3.8, 4) is 5.88 Å². The molecule has 2 aromatic heterocycles. The minimum Gasteiger partial charge on any atom is -0.492 e. The van der Waals surface area contributed by atoms with Crippen LogP contribution in [0.2, 0.25) is 0 Å². The molecule has 12 heteroatoms. The zero-order valence-corrected chi connectivity index (χ0v) is 18.2. The molecule has 33 heavy (non-hydrogen) atoms. The topological polar surface area (TPSA) is 61.8 Å². The van der Waals surface area contributed by atoms with Crippen LogP contribution in [0.5, 0.6) is 5.88 Å². The number of hydrogen-bond acceptors (Lipinski definition) is 5. The molecular weight excluding hydrogens is 488 g/mol. The summed E-state index contributed by atoms with van der Waals surface area (Å²) in [5.41, 5.74) is -2.02. The van der Waals surface area contributed by atoms with Crippen LogP contribution in [0.25, 0.3) is 22.6 Å². The molecule has 2 N–H and O–H groups in total. The Morgan fingerprint density at radius 2 is 1.82 bits per heavy atom. The molecule has 0 aliphatic rings. The average Bonchev–Trinajstić information content (AvgIpc) is 3.36. The molecule has 4 nitrogen and oxygen atoms in total. The minimum absolute atomic E-state index is 0.0859. The molecular formula is C21H13F6N3OS2. The molecule has 0 saturated heterocycles. The number of rotatable bonds is 4. The number of hydrogen-bond donors (Lipinski definition) is 2. The summed E-state index contributed by atoms with van der Waals surface area (Å²) < 4.78 is 80.8. The van der Waals surface area contributed by atoms with Gasteiger partial charge in [-0.25, -0.2) is 0 Å². The highest BCUT2D eigenvalue weighted by atomic mass is 32.2.